The number of hydrogen-bond donors (Lipinski definition) is 3. The molecule has 2 heterocycles. The van der Waals surface area contributed by atoms with Crippen LogP contribution < -0.4 is 16.4 Å². The Hall–Kier alpha value is -4.66. The maximum atomic E-state index is 14.5. The van der Waals surface area contributed by atoms with Crippen LogP contribution in [0.4, 0.5) is 4.39 Å². The lowest BCUT2D eigenvalue weighted by atomic mass is 9.52. The van der Waals surface area contributed by atoms with Crippen molar-refractivity contribution in [2.24, 2.45) is 21.6 Å². The standard InChI is InChI=1S/C29H31FN8O3/c1-18(39)29-8-5-28(6-9-29,7-10-29)16-34-27(41)23-13-22(37-25-21(30)15-36-38(23)25)26(40)33-14-20-4-2-3-19(11-20)12-24(32)35-17-31/h2-4,11,13,15H,5-10,12,14,16H2,1H3,(H2,32,35)(H,33,40)(H,34,41). The van der Waals surface area contributed by atoms with Crippen molar-refractivity contribution in [3.63, 3.8) is 0 Å². The Labute approximate surface area is 236 Å². The van der Waals surface area contributed by atoms with Crippen molar-refractivity contribution in [2.75, 3.05) is 6.54 Å². The monoisotopic (exact) mass is 558 g/mol. The number of halogens is 1. The molecule has 12 heteroatoms. The topological polar surface area (TPSA) is 168 Å². The van der Waals surface area contributed by atoms with E-state index in [4.69, 9.17) is 11.0 Å². The lowest BCUT2D eigenvalue weighted by molar-refractivity contribution is -0.135. The highest BCUT2D eigenvalue weighted by molar-refractivity contribution is 5.98. The van der Waals surface area contributed by atoms with Crippen LogP contribution in [0.1, 0.15) is 77.6 Å². The first-order chi connectivity index (χ1) is 19.6. The molecule has 3 aliphatic rings. The van der Waals surface area contributed by atoms with Gasteiger partial charge in [-0.1, -0.05) is 24.3 Å². The Balaban J connectivity index is 1.29. The summed E-state index contributed by atoms with van der Waals surface area (Å²) in [5.41, 5.74) is 6.66. The number of nitriles is 1. The van der Waals surface area contributed by atoms with E-state index in [-0.39, 0.29) is 52.4 Å². The number of hydrogen-bond acceptors (Lipinski definition) is 7. The van der Waals surface area contributed by atoms with Crippen molar-refractivity contribution in [1.29, 1.82) is 5.26 Å². The minimum absolute atomic E-state index is 0.000552. The van der Waals surface area contributed by atoms with Crippen LogP contribution in [0.5, 0.6) is 0 Å². The molecule has 4 N–H and O–H groups in total. The Morgan fingerprint density at radius 1 is 1.10 bits per heavy atom. The number of benzene rings is 1. The van der Waals surface area contributed by atoms with Gasteiger partial charge in [0.05, 0.1) is 6.20 Å². The van der Waals surface area contributed by atoms with E-state index in [1.165, 1.54) is 6.07 Å². The first kappa shape index (κ1) is 27.9. The number of fused-ring (bicyclic) bond motifs is 4. The molecule has 0 radical (unpaired) electrons. The molecule has 0 spiro atoms. The number of carbonyl (C=O) groups is 3. The number of carbonyl (C=O) groups excluding carboxylic acids is 3. The van der Waals surface area contributed by atoms with Crippen LogP contribution in [0.3, 0.4) is 0 Å². The molecule has 3 saturated carbocycles. The predicted molar refractivity (Wildman–Crippen MR) is 147 cm³/mol. The van der Waals surface area contributed by atoms with E-state index in [1.54, 1.807) is 19.2 Å². The van der Waals surface area contributed by atoms with Crippen molar-refractivity contribution >= 4 is 29.1 Å². The van der Waals surface area contributed by atoms with E-state index >= 15 is 0 Å². The molecule has 1 aromatic carbocycles. The predicted octanol–water partition coefficient (Wildman–Crippen LogP) is 2.84. The molecule has 11 nitrogen and oxygen atoms in total. The highest BCUT2D eigenvalue weighted by Gasteiger charge is 2.50. The number of aromatic nitrogens is 3. The van der Waals surface area contributed by atoms with Gasteiger partial charge in [0.1, 0.15) is 23.0 Å². The normalized spacial score (nSPS) is 21.8. The lowest BCUT2D eigenvalue weighted by Gasteiger charge is -2.52. The molecule has 0 saturated heterocycles. The fraction of sp³-hybridized carbons (Fsp3) is 0.414. The highest BCUT2D eigenvalue weighted by Crippen LogP contribution is 2.56. The third-order valence-corrected chi connectivity index (χ3v) is 8.69. The summed E-state index contributed by atoms with van der Waals surface area (Å²) in [5.74, 6) is -1.39. The average Bonchev–Trinajstić information content (AvgIpc) is 3.35. The number of Topliss-reactive ketones (excluding diaryl/α,β-unsaturated/α-hetero) is 1. The zero-order valence-electron chi connectivity index (χ0n) is 22.7. The number of aliphatic imine (C=N–C) groups is 1. The van der Waals surface area contributed by atoms with E-state index in [9.17, 15) is 18.8 Å². The Bertz CT molecular complexity index is 1580. The van der Waals surface area contributed by atoms with Gasteiger partial charge >= 0.3 is 0 Å². The van der Waals surface area contributed by atoms with Gasteiger partial charge in [-0.15, -0.1) is 0 Å². The first-order valence-corrected chi connectivity index (χ1v) is 13.5. The van der Waals surface area contributed by atoms with Gasteiger partial charge in [-0.05, 0) is 62.0 Å². The molecule has 41 heavy (non-hydrogen) atoms. The van der Waals surface area contributed by atoms with Crippen molar-refractivity contribution in [3.05, 3.63) is 64.9 Å². The second-order valence-electron chi connectivity index (χ2n) is 11.2. The summed E-state index contributed by atoms with van der Waals surface area (Å²) in [6.07, 6.45) is 7.96. The van der Waals surface area contributed by atoms with Crippen LogP contribution in [0.15, 0.2) is 41.5 Å². The molecular weight excluding hydrogens is 527 g/mol. The van der Waals surface area contributed by atoms with Gasteiger partial charge in [0.25, 0.3) is 11.8 Å². The molecule has 2 aromatic heterocycles. The molecule has 2 bridgehead atoms. The van der Waals surface area contributed by atoms with Gasteiger partial charge in [-0.2, -0.15) is 15.4 Å². The Kier molecular flexibility index (Phi) is 7.53. The summed E-state index contributed by atoms with van der Waals surface area (Å²) >= 11 is 0. The number of nitrogens with one attached hydrogen (secondary N) is 2. The minimum Gasteiger partial charge on any atom is -0.386 e. The Morgan fingerprint density at radius 2 is 1.80 bits per heavy atom. The van der Waals surface area contributed by atoms with Gasteiger partial charge in [0.2, 0.25) is 6.19 Å². The van der Waals surface area contributed by atoms with Crippen LogP contribution in [-0.4, -0.2) is 44.6 Å². The molecule has 212 valence electrons. The lowest BCUT2D eigenvalue weighted by Crippen LogP contribution is -2.49. The van der Waals surface area contributed by atoms with E-state index < -0.39 is 17.6 Å². The number of nitrogens with zero attached hydrogens (tertiary/aromatic N) is 5. The van der Waals surface area contributed by atoms with Gasteiger partial charge in [-0.25, -0.2) is 13.9 Å². The minimum atomic E-state index is -0.753. The summed E-state index contributed by atoms with van der Waals surface area (Å²) in [4.78, 5) is 46.2. The van der Waals surface area contributed by atoms with E-state index in [0.717, 1.165) is 60.4 Å². The number of amidine groups is 1. The summed E-state index contributed by atoms with van der Waals surface area (Å²) in [5, 5.41) is 18.3. The molecule has 0 aliphatic heterocycles. The van der Waals surface area contributed by atoms with Crippen molar-refractivity contribution in [3.8, 4) is 6.19 Å². The van der Waals surface area contributed by atoms with Crippen LogP contribution in [-0.2, 0) is 17.8 Å². The third-order valence-electron chi connectivity index (χ3n) is 8.69. The fourth-order valence-corrected chi connectivity index (χ4v) is 6.06. The number of ketones is 1. The van der Waals surface area contributed by atoms with Crippen LogP contribution in [0.25, 0.3) is 5.65 Å². The average molecular weight is 559 g/mol. The molecule has 2 amide bonds. The maximum Gasteiger partial charge on any atom is 0.270 e. The molecule has 3 aromatic rings. The highest BCUT2D eigenvalue weighted by atomic mass is 19.1. The summed E-state index contributed by atoms with van der Waals surface area (Å²) in [7, 11) is 0. The smallest absolute Gasteiger partial charge is 0.270 e. The zero-order chi connectivity index (χ0) is 29.2. The quantitative estimate of drug-likeness (QED) is 0.206. The van der Waals surface area contributed by atoms with E-state index in [0.29, 0.717) is 6.54 Å². The van der Waals surface area contributed by atoms with Crippen molar-refractivity contribution < 1.29 is 18.8 Å². The first-order valence-electron chi connectivity index (χ1n) is 13.5. The molecule has 0 unspecified atom stereocenters. The van der Waals surface area contributed by atoms with Gasteiger partial charge in [-0.3, -0.25) is 14.4 Å². The molecule has 3 aliphatic carbocycles. The SMILES string of the molecule is CC(=O)C12CCC(CNC(=O)c3cc(C(=O)NCc4cccc(CC(N)=NC#N)c4)nc4c(F)cnn34)(CC1)CC2. The molecular formula is C29H31FN8O3. The van der Waals surface area contributed by atoms with Gasteiger partial charge in [0, 0.05) is 31.0 Å². The number of rotatable bonds is 9. The second-order valence-corrected chi connectivity index (χ2v) is 11.2. The van der Waals surface area contributed by atoms with E-state index in [1.807, 2.05) is 18.2 Å². The van der Waals surface area contributed by atoms with Gasteiger partial charge in [0.15, 0.2) is 11.5 Å². The van der Waals surface area contributed by atoms with Gasteiger partial charge < -0.3 is 16.4 Å². The van der Waals surface area contributed by atoms with E-state index in [2.05, 4.69) is 25.7 Å². The number of nitrogens with two attached hydrogens (primary N) is 1. The maximum absolute atomic E-state index is 14.5. The summed E-state index contributed by atoms with van der Waals surface area (Å²) in [6.45, 7) is 2.24. The fourth-order valence-electron chi connectivity index (χ4n) is 6.06. The molecule has 0 atom stereocenters. The second kappa shape index (κ2) is 11.1. The van der Waals surface area contributed by atoms with Crippen LogP contribution in [0, 0.1) is 28.1 Å². The zero-order valence-corrected chi connectivity index (χ0v) is 22.7. The summed E-state index contributed by atoms with van der Waals surface area (Å²) < 4.78 is 15.6. The van der Waals surface area contributed by atoms with Crippen LogP contribution in [0.2, 0.25) is 0 Å². The third kappa shape index (κ3) is 5.66. The van der Waals surface area contributed by atoms with Crippen molar-refractivity contribution in [2.45, 2.75) is 58.4 Å². The number of amides is 2. The molecule has 3 fully saturated rings. The Morgan fingerprint density at radius 3 is 2.49 bits per heavy atom. The molecule has 6 rings (SSSR count). The van der Waals surface area contributed by atoms with Crippen LogP contribution >= 0.6 is 0 Å². The largest absolute Gasteiger partial charge is 0.386 e. The summed E-state index contributed by atoms with van der Waals surface area (Å²) in [6, 6.07) is 8.56. The van der Waals surface area contributed by atoms with Crippen molar-refractivity contribution in [1.82, 2.24) is 25.2 Å².